The Morgan fingerprint density at radius 2 is 1.52 bits per heavy atom. The Balaban J connectivity index is 1.08. The molecule has 0 fully saturated rings. The summed E-state index contributed by atoms with van der Waals surface area (Å²) in [5, 5.41) is 16.6. The van der Waals surface area contributed by atoms with Gasteiger partial charge in [-0.25, -0.2) is 0 Å². The fourth-order valence-corrected chi connectivity index (χ4v) is 8.34. The van der Waals surface area contributed by atoms with Crippen molar-refractivity contribution >= 4 is 82.7 Å². The van der Waals surface area contributed by atoms with Gasteiger partial charge in [-0.2, -0.15) is 5.26 Å². The molecule has 0 spiro atoms. The van der Waals surface area contributed by atoms with Crippen LogP contribution in [0.1, 0.15) is 24.0 Å². The molecular weight excluding hydrogens is 605 g/mol. The number of aliphatic imine (C=N–C) groups is 1. The van der Waals surface area contributed by atoms with E-state index in [1.807, 2.05) is 12.1 Å². The number of anilines is 1. The Morgan fingerprint density at radius 1 is 0.771 bits per heavy atom. The number of benzene rings is 5. The first-order valence-electron chi connectivity index (χ1n) is 16.2. The number of hydrogen-bond donors (Lipinski definition) is 0. The molecule has 2 aromatic heterocycles. The van der Waals surface area contributed by atoms with Crippen molar-refractivity contribution in [2.45, 2.75) is 12.8 Å². The molecule has 1 aliphatic heterocycles. The summed E-state index contributed by atoms with van der Waals surface area (Å²) in [5.41, 5.74) is 9.91. The largest absolute Gasteiger partial charge is 0.334 e. The topological polar surface area (TPSA) is 44.3 Å². The van der Waals surface area contributed by atoms with Crippen molar-refractivity contribution in [3.8, 4) is 17.2 Å². The van der Waals surface area contributed by atoms with E-state index in [0.29, 0.717) is 5.56 Å². The molecule has 228 valence electrons. The van der Waals surface area contributed by atoms with Gasteiger partial charge in [0.05, 0.1) is 22.7 Å². The number of aromatic nitrogens is 1. The average molecular weight is 635 g/mol. The highest BCUT2D eigenvalue weighted by molar-refractivity contribution is 7.23. The maximum Gasteiger partial charge on any atom is 0.123 e. The molecule has 0 radical (unpaired) electrons. The SMILES string of the molecule is C=Nc1c(N2C=C(c3ccc4cc(-c5ccc6c(c5)c5cc(C#N)ccc5n6C5=CC=CCC5)ccc4c3)C=CC2)sc2ccccc12. The smallest absolute Gasteiger partial charge is 0.123 e. The number of nitriles is 1. The molecule has 48 heavy (non-hydrogen) atoms. The number of hydrogen-bond acceptors (Lipinski definition) is 4. The van der Waals surface area contributed by atoms with E-state index in [2.05, 4.69) is 149 Å². The van der Waals surface area contributed by atoms with E-state index in [-0.39, 0.29) is 0 Å². The first-order valence-corrected chi connectivity index (χ1v) is 17.0. The van der Waals surface area contributed by atoms with Gasteiger partial charge in [-0.3, -0.25) is 4.99 Å². The van der Waals surface area contributed by atoms with Gasteiger partial charge in [0.15, 0.2) is 0 Å². The number of allylic oxidation sites excluding steroid dienone is 6. The summed E-state index contributed by atoms with van der Waals surface area (Å²) in [6, 6.07) is 37.0. The van der Waals surface area contributed by atoms with Crippen LogP contribution in [-0.4, -0.2) is 17.8 Å². The second kappa shape index (κ2) is 11.4. The van der Waals surface area contributed by atoms with Crippen LogP contribution in [0.15, 0.2) is 139 Å². The normalized spacial score (nSPS) is 14.5. The molecule has 3 heterocycles. The zero-order chi connectivity index (χ0) is 32.2. The van der Waals surface area contributed by atoms with Crippen molar-refractivity contribution in [3.05, 3.63) is 145 Å². The van der Waals surface area contributed by atoms with Crippen LogP contribution in [0.3, 0.4) is 0 Å². The maximum atomic E-state index is 9.68. The van der Waals surface area contributed by atoms with E-state index >= 15 is 0 Å². The quantitative estimate of drug-likeness (QED) is 0.177. The van der Waals surface area contributed by atoms with E-state index in [1.54, 1.807) is 11.3 Å². The van der Waals surface area contributed by atoms with E-state index < -0.39 is 0 Å². The molecule has 0 N–H and O–H groups in total. The van der Waals surface area contributed by atoms with Gasteiger partial charge in [0, 0.05) is 39.3 Å². The number of rotatable bonds is 5. The molecule has 5 aromatic carbocycles. The third-order valence-corrected chi connectivity index (χ3v) is 10.7. The maximum absolute atomic E-state index is 9.68. The first kappa shape index (κ1) is 28.3. The van der Waals surface area contributed by atoms with Crippen LogP contribution in [0.4, 0.5) is 10.7 Å². The fraction of sp³-hybridized carbons (Fsp3) is 0.0698. The van der Waals surface area contributed by atoms with E-state index in [0.717, 1.165) is 51.9 Å². The van der Waals surface area contributed by atoms with Crippen molar-refractivity contribution in [1.82, 2.24) is 4.57 Å². The van der Waals surface area contributed by atoms with Gasteiger partial charge in [-0.15, -0.1) is 11.3 Å². The zero-order valence-corrected chi connectivity index (χ0v) is 27.0. The Kier molecular flexibility index (Phi) is 6.70. The van der Waals surface area contributed by atoms with Crippen molar-refractivity contribution < 1.29 is 0 Å². The van der Waals surface area contributed by atoms with Crippen LogP contribution in [0.5, 0.6) is 0 Å². The Labute approximate surface area is 282 Å². The van der Waals surface area contributed by atoms with E-state index in [4.69, 9.17) is 0 Å². The Bertz CT molecular complexity index is 2640. The van der Waals surface area contributed by atoms with Gasteiger partial charge in [0.25, 0.3) is 0 Å². The molecule has 9 rings (SSSR count). The molecule has 0 atom stereocenters. The summed E-state index contributed by atoms with van der Waals surface area (Å²) < 4.78 is 3.59. The lowest BCUT2D eigenvalue weighted by molar-refractivity contribution is 0.979. The van der Waals surface area contributed by atoms with Crippen molar-refractivity contribution in [3.63, 3.8) is 0 Å². The van der Waals surface area contributed by atoms with Gasteiger partial charge in [0.1, 0.15) is 10.7 Å². The van der Waals surface area contributed by atoms with Crippen LogP contribution in [0.25, 0.3) is 65.1 Å². The monoisotopic (exact) mass is 634 g/mol. The molecule has 7 aromatic rings. The van der Waals surface area contributed by atoms with Crippen molar-refractivity contribution in [2.75, 3.05) is 11.4 Å². The van der Waals surface area contributed by atoms with Gasteiger partial charge in [-0.1, -0.05) is 72.8 Å². The molecule has 5 heteroatoms. The number of thiophene rings is 1. The zero-order valence-electron chi connectivity index (χ0n) is 26.2. The highest BCUT2D eigenvalue weighted by atomic mass is 32.1. The third-order valence-electron chi connectivity index (χ3n) is 9.54. The molecule has 2 aliphatic rings. The van der Waals surface area contributed by atoms with Crippen LogP contribution in [-0.2, 0) is 0 Å². The molecule has 0 amide bonds. The minimum atomic E-state index is 0.679. The molecule has 0 saturated carbocycles. The molecular formula is C43H30N4S. The van der Waals surface area contributed by atoms with E-state index in [9.17, 15) is 5.26 Å². The second-order valence-electron chi connectivity index (χ2n) is 12.4. The highest BCUT2D eigenvalue weighted by Crippen LogP contribution is 2.45. The lowest BCUT2D eigenvalue weighted by Gasteiger charge is -2.22. The molecule has 0 saturated heterocycles. The lowest BCUT2D eigenvalue weighted by atomic mass is 9.96. The summed E-state index contributed by atoms with van der Waals surface area (Å²) in [7, 11) is 0. The highest BCUT2D eigenvalue weighted by Gasteiger charge is 2.19. The van der Waals surface area contributed by atoms with Gasteiger partial charge >= 0.3 is 0 Å². The van der Waals surface area contributed by atoms with E-state index in [1.165, 1.54) is 48.8 Å². The summed E-state index contributed by atoms with van der Waals surface area (Å²) in [4.78, 5) is 6.70. The molecule has 4 nitrogen and oxygen atoms in total. The van der Waals surface area contributed by atoms with Crippen LogP contribution >= 0.6 is 11.3 Å². The van der Waals surface area contributed by atoms with Crippen molar-refractivity contribution in [2.24, 2.45) is 4.99 Å². The van der Waals surface area contributed by atoms with Gasteiger partial charge < -0.3 is 9.47 Å². The predicted octanol–water partition coefficient (Wildman–Crippen LogP) is 11.6. The van der Waals surface area contributed by atoms with Crippen molar-refractivity contribution in [1.29, 1.82) is 5.26 Å². The summed E-state index contributed by atoms with van der Waals surface area (Å²) in [6.07, 6.45) is 15.3. The average Bonchev–Trinajstić information content (AvgIpc) is 3.70. The minimum Gasteiger partial charge on any atom is -0.334 e. The Morgan fingerprint density at radius 3 is 2.33 bits per heavy atom. The summed E-state index contributed by atoms with van der Waals surface area (Å²) in [5.74, 6) is 0. The number of fused-ring (bicyclic) bond motifs is 5. The second-order valence-corrected chi connectivity index (χ2v) is 13.4. The van der Waals surface area contributed by atoms with Crippen LogP contribution < -0.4 is 4.90 Å². The van der Waals surface area contributed by atoms with Crippen LogP contribution in [0.2, 0.25) is 0 Å². The standard InChI is InChI=1S/C43H30N4S/c1-45-42-36-11-5-6-12-41(36)48-43(42)46-21-7-8-34(27-46)32-17-16-29-23-31(15-14-30(29)24-32)33-18-20-40-38(25-33)37-22-28(26-44)13-19-39(37)47(40)35-9-3-2-4-10-35/h2-3,5-9,11-20,22-25,27H,1,4,10,21H2. The third kappa shape index (κ3) is 4.61. The Hall–Kier alpha value is -5.96. The first-order chi connectivity index (χ1) is 23.7. The predicted molar refractivity (Wildman–Crippen MR) is 205 cm³/mol. The minimum absolute atomic E-state index is 0.679. The van der Waals surface area contributed by atoms with Gasteiger partial charge in [-0.05, 0) is 107 Å². The molecule has 0 unspecified atom stereocenters. The summed E-state index contributed by atoms with van der Waals surface area (Å²) >= 11 is 1.76. The van der Waals surface area contributed by atoms with Gasteiger partial charge in [0.2, 0.25) is 0 Å². The fourth-order valence-electron chi connectivity index (χ4n) is 7.20. The summed E-state index contributed by atoms with van der Waals surface area (Å²) in [6.45, 7) is 4.68. The lowest BCUT2D eigenvalue weighted by Crippen LogP contribution is -2.17. The molecule has 1 aliphatic carbocycles. The molecule has 0 bridgehead atoms. The van der Waals surface area contributed by atoms with Crippen LogP contribution in [0, 0.1) is 11.3 Å². The number of nitrogens with zero attached hydrogens (tertiary/aromatic N) is 4.